The number of carbonyl (C=O) groups excluding carboxylic acids is 1. The van der Waals surface area contributed by atoms with Crippen molar-refractivity contribution in [2.24, 2.45) is 0 Å². The molecule has 0 saturated carbocycles. The molecule has 0 bridgehead atoms. The highest BCUT2D eigenvalue weighted by Gasteiger charge is 2.14. The van der Waals surface area contributed by atoms with Crippen LogP contribution in [0, 0.1) is 6.92 Å². The van der Waals surface area contributed by atoms with E-state index in [9.17, 15) is 4.79 Å². The Morgan fingerprint density at radius 3 is 2.65 bits per heavy atom. The van der Waals surface area contributed by atoms with Gasteiger partial charge in [-0.3, -0.25) is 0 Å². The molecule has 2 aromatic carbocycles. The Hall–Kier alpha value is -1.33. The lowest BCUT2D eigenvalue weighted by Gasteiger charge is -2.10. The summed E-state index contributed by atoms with van der Waals surface area (Å²) in [5.41, 5.74) is 8.53. The molecule has 0 aromatic heterocycles. The minimum absolute atomic E-state index is 0.214. The summed E-state index contributed by atoms with van der Waals surface area (Å²) in [7, 11) is 0. The van der Waals surface area contributed by atoms with E-state index < -0.39 is 0 Å². The molecule has 0 fully saturated rings. The fourth-order valence-electron chi connectivity index (χ4n) is 1.75. The molecule has 2 rings (SSSR count). The molecule has 0 unspecified atom stereocenters. The average Bonchev–Trinajstić information content (AvgIpc) is 2.41. The number of halogens is 2. The number of ether oxygens (including phenoxy) is 1. The molecule has 20 heavy (non-hydrogen) atoms. The van der Waals surface area contributed by atoms with Gasteiger partial charge in [-0.1, -0.05) is 50.1 Å². The summed E-state index contributed by atoms with van der Waals surface area (Å²) in [5, 5.41) is 0. The average molecular weight is 399 g/mol. The van der Waals surface area contributed by atoms with Crippen LogP contribution in [0.3, 0.4) is 0 Å². The van der Waals surface area contributed by atoms with Gasteiger partial charge in [-0.05, 0) is 30.7 Å². The van der Waals surface area contributed by atoms with E-state index >= 15 is 0 Å². The van der Waals surface area contributed by atoms with Gasteiger partial charge in [-0.2, -0.15) is 0 Å². The highest BCUT2D eigenvalue weighted by molar-refractivity contribution is 9.10. The van der Waals surface area contributed by atoms with Crippen molar-refractivity contribution in [3.05, 3.63) is 62.0 Å². The van der Waals surface area contributed by atoms with Gasteiger partial charge in [-0.15, -0.1) is 0 Å². The summed E-state index contributed by atoms with van der Waals surface area (Å²) in [5.74, 6) is -0.383. The minimum Gasteiger partial charge on any atom is -0.457 e. The zero-order chi connectivity index (χ0) is 14.7. The van der Waals surface area contributed by atoms with Gasteiger partial charge in [0.15, 0.2) is 0 Å². The maximum atomic E-state index is 12.1. The lowest BCUT2D eigenvalue weighted by atomic mass is 10.1. The van der Waals surface area contributed by atoms with Crippen LogP contribution >= 0.6 is 31.9 Å². The van der Waals surface area contributed by atoms with Crippen LogP contribution in [0.25, 0.3) is 0 Å². The molecular formula is C15H13Br2NO2. The second-order valence-corrected chi connectivity index (χ2v) is 6.11. The predicted octanol–water partition coefficient (Wildman–Crippen LogP) is 4.46. The first kappa shape index (κ1) is 15.1. The topological polar surface area (TPSA) is 52.3 Å². The fraction of sp³-hybridized carbons (Fsp3) is 0.133. The molecule has 104 valence electrons. The molecule has 0 spiro atoms. The van der Waals surface area contributed by atoms with Gasteiger partial charge in [0.25, 0.3) is 0 Å². The third-order valence-electron chi connectivity index (χ3n) is 2.95. The summed E-state index contributed by atoms with van der Waals surface area (Å²) in [4.78, 5) is 12.1. The van der Waals surface area contributed by atoms with Gasteiger partial charge in [0.2, 0.25) is 0 Å². The lowest BCUT2D eigenvalue weighted by molar-refractivity contribution is 0.0471. The van der Waals surface area contributed by atoms with Gasteiger partial charge in [0.05, 0.1) is 5.56 Å². The van der Waals surface area contributed by atoms with Crippen LogP contribution < -0.4 is 5.73 Å². The molecule has 5 heteroatoms. The molecule has 2 aromatic rings. The predicted molar refractivity (Wildman–Crippen MR) is 86.6 cm³/mol. The molecule has 0 aliphatic heterocycles. The SMILES string of the molecule is Cc1c(N)cc(Br)cc1C(=O)OCc1ccccc1Br. The number of rotatable bonds is 3. The van der Waals surface area contributed by atoms with Gasteiger partial charge < -0.3 is 10.5 Å². The molecule has 0 amide bonds. The van der Waals surface area contributed by atoms with E-state index in [1.54, 1.807) is 19.1 Å². The Balaban J connectivity index is 2.15. The monoisotopic (exact) mass is 397 g/mol. The maximum absolute atomic E-state index is 12.1. The summed E-state index contributed by atoms with van der Waals surface area (Å²) < 4.78 is 7.01. The van der Waals surface area contributed by atoms with E-state index in [-0.39, 0.29) is 12.6 Å². The second kappa shape index (κ2) is 6.41. The van der Waals surface area contributed by atoms with Crippen molar-refractivity contribution < 1.29 is 9.53 Å². The number of nitrogen functional groups attached to an aromatic ring is 1. The van der Waals surface area contributed by atoms with Crippen LogP contribution in [0.1, 0.15) is 21.5 Å². The van der Waals surface area contributed by atoms with Gasteiger partial charge in [0, 0.05) is 20.2 Å². The Labute approximate surface area is 134 Å². The van der Waals surface area contributed by atoms with E-state index in [1.165, 1.54) is 0 Å². The van der Waals surface area contributed by atoms with E-state index in [2.05, 4.69) is 31.9 Å². The van der Waals surface area contributed by atoms with Crippen LogP contribution in [0.2, 0.25) is 0 Å². The zero-order valence-electron chi connectivity index (χ0n) is 10.8. The van der Waals surface area contributed by atoms with Crippen molar-refractivity contribution in [1.29, 1.82) is 0 Å². The fourth-order valence-corrected chi connectivity index (χ4v) is 2.62. The van der Waals surface area contributed by atoms with Gasteiger partial charge >= 0.3 is 5.97 Å². The summed E-state index contributed by atoms with van der Waals surface area (Å²) in [6.45, 7) is 2.02. The number of carbonyl (C=O) groups is 1. The number of hydrogen-bond acceptors (Lipinski definition) is 3. The Kier molecular flexibility index (Phi) is 4.83. The summed E-state index contributed by atoms with van der Waals surface area (Å²) >= 11 is 6.75. The molecule has 0 atom stereocenters. The third kappa shape index (κ3) is 3.41. The second-order valence-electron chi connectivity index (χ2n) is 4.34. The number of nitrogens with two attached hydrogens (primary N) is 1. The summed E-state index contributed by atoms with van der Waals surface area (Å²) in [6, 6.07) is 11.1. The lowest BCUT2D eigenvalue weighted by Crippen LogP contribution is -2.09. The third-order valence-corrected chi connectivity index (χ3v) is 4.18. The minimum atomic E-state index is -0.383. The molecular weight excluding hydrogens is 386 g/mol. The van der Waals surface area contributed by atoms with E-state index in [4.69, 9.17) is 10.5 Å². The Morgan fingerprint density at radius 1 is 1.25 bits per heavy atom. The Morgan fingerprint density at radius 2 is 1.95 bits per heavy atom. The van der Waals surface area contributed by atoms with Crippen molar-refractivity contribution >= 4 is 43.5 Å². The molecule has 0 aliphatic rings. The van der Waals surface area contributed by atoms with E-state index in [1.807, 2.05) is 24.3 Å². The molecule has 3 nitrogen and oxygen atoms in total. The van der Waals surface area contributed by atoms with Gasteiger partial charge in [0.1, 0.15) is 6.61 Å². The first-order valence-electron chi connectivity index (χ1n) is 5.95. The Bertz CT molecular complexity index is 656. The molecule has 0 saturated heterocycles. The van der Waals surface area contributed by atoms with Crippen LogP contribution in [-0.4, -0.2) is 5.97 Å². The maximum Gasteiger partial charge on any atom is 0.338 e. The number of esters is 1. The van der Waals surface area contributed by atoms with Crippen molar-refractivity contribution in [2.45, 2.75) is 13.5 Å². The quantitative estimate of drug-likeness (QED) is 0.613. The molecule has 0 radical (unpaired) electrons. The number of benzene rings is 2. The molecule has 0 heterocycles. The standard InChI is InChI=1S/C15H13Br2NO2/c1-9-12(6-11(16)7-14(9)18)15(19)20-8-10-4-2-3-5-13(10)17/h2-7H,8,18H2,1H3. The first-order chi connectivity index (χ1) is 9.49. The van der Waals surface area contributed by atoms with Crippen molar-refractivity contribution in [3.63, 3.8) is 0 Å². The van der Waals surface area contributed by atoms with Crippen LogP contribution in [0.5, 0.6) is 0 Å². The van der Waals surface area contributed by atoms with Crippen molar-refractivity contribution in [3.8, 4) is 0 Å². The van der Waals surface area contributed by atoms with Crippen LogP contribution in [-0.2, 0) is 11.3 Å². The summed E-state index contributed by atoms with van der Waals surface area (Å²) in [6.07, 6.45) is 0. The largest absolute Gasteiger partial charge is 0.457 e. The zero-order valence-corrected chi connectivity index (χ0v) is 14.0. The normalized spacial score (nSPS) is 10.3. The smallest absolute Gasteiger partial charge is 0.338 e. The molecule has 0 aliphatic carbocycles. The van der Waals surface area contributed by atoms with E-state index in [0.717, 1.165) is 20.1 Å². The van der Waals surface area contributed by atoms with Crippen LogP contribution in [0.4, 0.5) is 5.69 Å². The first-order valence-corrected chi connectivity index (χ1v) is 7.54. The highest BCUT2D eigenvalue weighted by atomic mass is 79.9. The number of anilines is 1. The van der Waals surface area contributed by atoms with Gasteiger partial charge in [-0.25, -0.2) is 4.79 Å². The van der Waals surface area contributed by atoms with E-state index in [0.29, 0.717) is 11.3 Å². The molecule has 2 N–H and O–H groups in total. The van der Waals surface area contributed by atoms with Crippen molar-refractivity contribution in [1.82, 2.24) is 0 Å². The van der Waals surface area contributed by atoms with Crippen LogP contribution in [0.15, 0.2) is 45.3 Å². The number of hydrogen-bond donors (Lipinski definition) is 1. The highest BCUT2D eigenvalue weighted by Crippen LogP contribution is 2.24. The van der Waals surface area contributed by atoms with Crippen molar-refractivity contribution in [2.75, 3.05) is 5.73 Å².